The van der Waals surface area contributed by atoms with Crippen LogP contribution in [0.2, 0.25) is 0 Å². The average molecular weight is 339 g/mol. The van der Waals surface area contributed by atoms with Gasteiger partial charge in [0.1, 0.15) is 6.61 Å². The van der Waals surface area contributed by atoms with E-state index in [-0.39, 0.29) is 25.0 Å². The molecule has 0 fully saturated rings. The smallest absolute Gasteiger partial charge is 0.333 e. The van der Waals surface area contributed by atoms with Gasteiger partial charge in [0.2, 0.25) is 0 Å². The molecule has 0 saturated heterocycles. The fourth-order valence-corrected chi connectivity index (χ4v) is 2.26. The number of carbonyl (C=O) groups is 2. The molecule has 0 unspecified atom stereocenters. The van der Waals surface area contributed by atoms with E-state index in [2.05, 4.69) is 26.2 Å². The van der Waals surface area contributed by atoms with Crippen molar-refractivity contribution in [2.24, 2.45) is 0 Å². The molecule has 1 aliphatic carbocycles. The first-order valence-corrected chi connectivity index (χ1v) is 7.21. The fourth-order valence-electron chi connectivity index (χ4n) is 1.90. The van der Waals surface area contributed by atoms with Crippen LogP contribution in [0.15, 0.2) is 34.6 Å². The fraction of sp³-hybridized carbons (Fsp3) is 0.357. The third-order valence-electron chi connectivity index (χ3n) is 2.89. The highest BCUT2D eigenvalue weighted by atomic mass is 79.9. The van der Waals surface area contributed by atoms with Crippen LogP contribution >= 0.6 is 15.9 Å². The zero-order valence-electron chi connectivity index (χ0n) is 10.9. The molecule has 0 radical (unpaired) electrons. The standard InChI is InChI=1S/C14H15BrN2O3/c15-12-7-11(8-16-9-12)13(18)17-5-6-20-14(19)10-3-1-2-4-10/h3,7-9H,1-2,4-6H2,(H,17,18). The number of amides is 1. The van der Waals surface area contributed by atoms with E-state index >= 15 is 0 Å². The Bertz CT molecular complexity index is 543. The highest BCUT2D eigenvalue weighted by molar-refractivity contribution is 9.10. The molecule has 0 saturated carbocycles. The number of carbonyl (C=O) groups excluding carboxylic acids is 2. The molecule has 0 aromatic carbocycles. The largest absolute Gasteiger partial charge is 0.460 e. The Hall–Kier alpha value is -1.69. The van der Waals surface area contributed by atoms with E-state index in [1.54, 1.807) is 12.3 Å². The number of nitrogens with zero attached hydrogens (tertiary/aromatic N) is 1. The van der Waals surface area contributed by atoms with Gasteiger partial charge >= 0.3 is 5.97 Å². The van der Waals surface area contributed by atoms with Gasteiger partial charge in [-0.15, -0.1) is 0 Å². The maximum absolute atomic E-state index is 11.8. The van der Waals surface area contributed by atoms with Crippen molar-refractivity contribution in [2.75, 3.05) is 13.2 Å². The number of ether oxygens (including phenoxy) is 1. The van der Waals surface area contributed by atoms with Crippen molar-refractivity contribution < 1.29 is 14.3 Å². The van der Waals surface area contributed by atoms with Gasteiger partial charge in [-0.3, -0.25) is 9.78 Å². The van der Waals surface area contributed by atoms with E-state index in [1.165, 1.54) is 6.20 Å². The second-order valence-corrected chi connectivity index (χ2v) is 5.32. The van der Waals surface area contributed by atoms with Crippen LogP contribution < -0.4 is 5.32 Å². The lowest BCUT2D eigenvalue weighted by atomic mass is 10.2. The molecule has 1 aromatic rings. The number of hydrogen-bond donors (Lipinski definition) is 1. The minimum absolute atomic E-state index is 0.170. The summed E-state index contributed by atoms with van der Waals surface area (Å²) < 4.78 is 5.83. The zero-order chi connectivity index (χ0) is 14.4. The third kappa shape index (κ3) is 4.16. The van der Waals surface area contributed by atoms with Crippen molar-refractivity contribution in [1.29, 1.82) is 0 Å². The molecule has 0 spiro atoms. The SMILES string of the molecule is O=C(OCCNC(=O)c1cncc(Br)c1)C1=CCCC1. The van der Waals surface area contributed by atoms with Gasteiger partial charge in [0.05, 0.1) is 12.1 Å². The minimum atomic E-state index is -0.277. The Morgan fingerprint density at radius 3 is 2.95 bits per heavy atom. The molecule has 1 N–H and O–H groups in total. The summed E-state index contributed by atoms with van der Waals surface area (Å²) in [4.78, 5) is 27.3. The topological polar surface area (TPSA) is 68.3 Å². The first-order valence-electron chi connectivity index (χ1n) is 6.42. The summed E-state index contributed by atoms with van der Waals surface area (Å²) in [5.74, 6) is -0.518. The van der Waals surface area contributed by atoms with Crippen molar-refractivity contribution in [1.82, 2.24) is 10.3 Å². The molecular formula is C14H15BrN2O3. The molecule has 1 amide bonds. The maximum Gasteiger partial charge on any atom is 0.333 e. The minimum Gasteiger partial charge on any atom is -0.460 e. The van der Waals surface area contributed by atoms with Crippen LogP contribution in [0, 0.1) is 0 Å². The Labute approximate surface area is 125 Å². The Kier molecular flexibility index (Phi) is 5.29. The van der Waals surface area contributed by atoms with Gasteiger partial charge in [-0.25, -0.2) is 4.79 Å². The van der Waals surface area contributed by atoms with Gasteiger partial charge in [0.25, 0.3) is 5.91 Å². The van der Waals surface area contributed by atoms with Gasteiger partial charge < -0.3 is 10.1 Å². The van der Waals surface area contributed by atoms with E-state index in [9.17, 15) is 9.59 Å². The number of rotatable bonds is 5. The van der Waals surface area contributed by atoms with E-state index in [1.807, 2.05) is 6.08 Å². The quantitative estimate of drug-likeness (QED) is 0.660. The molecule has 106 valence electrons. The third-order valence-corrected chi connectivity index (χ3v) is 3.32. The molecule has 0 bridgehead atoms. The first kappa shape index (κ1) is 14.7. The lowest BCUT2D eigenvalue weighted by Crippen LogP contribution is -2.28. The van der Waals surface area contributed by atoms with Crippen LogP contribution in [0.3, 0.4) is 0 Å². The summed E-state index contributed by atoms with van der Waals surface area (Å²) in [5, 5.41) is 2.68. The maximum atomic E-state index is 11.8. The summed E-state index contributed by atoms with van der Waals surface area (Å²) in [6.07, 6.45) is 7.74. The van der Waals surface area contributed by atoms with Crippen molar-refractivity contribution in [3.05, 3.63) is 40.1 Å². The number of pyridine rings is 1. The zero-order valence-corrected chi connectivity index (χ0v) is 12.5. The van der Waals surface area contributed by atoms with Crippen LogP contribution in [0.4, 0.5) is 0 Å². The summed E-state index contributed by atoms with van der Waals surface area (Å²) in [6, 6.07) is 1.68. The molecular weight excluding hydrogens is 324 g/mol. The Morgan fingerprint density at radius 2 is 2.25 bits per heavy atom. The van der Waals surface area contributed by atoms with Crippen molar-refractivity contribution >= 4 is 27.8 Å². The molecule has 5 nitrogen and oxygen atoms in total. The van der Waals surface area contributed by atoms with Gasteiger partial charge in [-0.05, 0) is 41.3 Å². The molecule has 0 aliphatic heterocycles. The molecule has 0 atom stereocenters. The summed E-state index contributed by atoms with van der Waals surface area (Å²) in [5.41, 5.74) is 1.21. The number of allylic oxidation sites excluding steroid dienone is 1. The lowest BCUT2D eigenvalue weighted by molar-refractivity contribution is -0.138. The van der Waals surface area contributed by atoms with E-state index in [0.717, 1.165) is 29.3 Å². The predicted octanol–water partition coefficient (Wildman–Crippen LogP) is 2.23. The van der Waals surface area contributed by atoms with Crippen LogP contribution in [0.25, 0.3) is 0 Å². The number of halogens is 1. The van der Waals surface area contributed by atoms with Gasteiger partial charge in [-0.1, -0.05) is 6.08 Å². The molecule has 1 heterocycles. The van der Waals surface area contributed by atoms with Crippen LogP contribution in [-0.2, 0) is 9.53 Å². The predicted molar refractivity (Wildman–Crippen MR) is 77.2 cm³/mol. The number of nitrogens with one attached hydrogen (secondary N) is 1. The number of hydrogen-bond acceptors (Lipinski definition) is 4. The summed E-state index contributed by atoms with van der Waals surface area (Å²) in [7, 11) is 0. The monoisotopic (exact) mass is 338 g/mol. The Morgan fingerprint density at radius 1 is 1.40 bits per heavy atom. The highest BCUT2D eigenvalue weighted by Crippen LogP contribution is 2.18. The van der Waals surface area contributed by atoms with Crippen molar-refractivity contribution in [2.45, 2.75) is 19.3 Å². The second-order valence-electron chi connectivity index (χ2n) is 4.41. The lowest BCUT2D eigenvalue weighted by Gasteiger charge is -2.07. The molecule has 20 heavy (non-hydrogen) atoms. The van der Waals surface area contributed by atoms with Crippen LogP contribution in [0.5, 0.6) is 0 Å². The van der Waals surface area contributed by atoms with E-state index in [4.69, 9.17) is 4.74 Å². The molecule has 6 heteroatoms. The normalized spacial score (nSPS) is 13.8. The molecule has 2 rings (SSSR count). The summed E-state index contributed by atoms with van der Waals surface area (Å²) in [6.45, 7) is 0.452. The molecule has 1 aliphatic rings. The Balaban J connectivity index is 1.70. The van der Waals surface area contributed by atoms with E-state index in [0.29, 0.717) is 5.56 Å². The molecule has 1 aromatic heterocycles. The summed E-state index contributed by atoms with van der Waals surface area (Å²) >= 11 is 3.25. The van der Waals surface area contributed by atoms with Crippen molar-refractivity contribution in [3.63, 3.8) is 0 Å². The number of aromatic nitrogens is 1. The van der Waals surface area contributed by atoms with Gasteiger partial charge in [0, 0.05) is 22.4 Å². The van der Waals surface area contributed by atoms with Crippen molar-refractivity contribution in [3.8, 4) is 0 Å². The number of esters is 1. The van der Waals surface area contributed by atoms with Gasteiger partial charge in [-0.2, -0.15) is 0 Å². The van der Waals surface area contributed by atoms with Crippen LogP contribution in [0.1, 0.15) is 29.6 Å². The second kappa shape index (κ2) is 7.19. The highest BCUT2D eigenvalue weighted by Gasteiger charge is 2.14. The first-order chi connectivity index (χ1) is 9.66. The average Bonchev–Trinajstić information content (AvgIpc) is 2.97. The van der Waals surface area contributed by atoms with Gasteiger partial charge in [0.15, 0.2) is 0 Å². The van der Waals surface area contributed by atoms with Crippen LogP contribution in [-0.4, -0.2) is 30.0 Å². The van der Waals surface area contributed by atoms with E-state index < -0.39 is 0 Å².